The molecule has 0 aliphatic rings. The number of halogens is 1. The number of nitrogens with zero attached hydrogens (tertiary/aromatic N) is 1. The molecule has 0 N–H and O–H groups in total. The second-order valence-corrected chi connectivity index (χ2v) is 3.80. The van der Waals surface area contributed by atoms with Crippen LogP contribution in [0.4, 0.5) is 0 Å². The fraction of sp³-hybridized carbons (Fsp3) is 0.308. The highest BCUT2D eigenvalue weighted by Gasteiger charge is 2.18. The van der Waals surface area contributed by atoms with E-state index in [0.29, 0.717) is 22.9 Å². The number of ether oxygens (including phenoxy) is 1. The minimum absolute atomic E-state index is 0.176. The van der Waals surface area contributed by atoms with Crippen LogP contribution < -0.4 is 4.74 Å². The summed E-state index contributed by atoms with van der Waals surface area (Å²) < 4.78 is 5.14. The summed E-state index contributed by atoms with van der Waals surface area (Å²) in [5.74, 6) is 2.77. The molecule has 0 saturated carbocycles. The van der Waals surface area contributed by atoms with Crippen LogP contribution in [-0.2, 0) is 0 Å². The molecule has 1 aromatic carbocycles. The van der Waals surface area contributed by atoms with E-state index < -0.39 is 0 Å². The number of benzene rings is 1. The van der Waals surface area contributed by atoms with Gasteiger partial charge in [0.1, 0.15) is 5.75 Å². The van der Waals surface area contributed by atoms with Crippen LogP contribution in [0.25, 0.3) is 0 Å². The van der Waals surface area contributed by atoms with Crippen molar-refractivity contribution in [2.75, 3.05) is 20.2 Å². The van der Waals surface area contributed by atoms with Crippen molar-refractivity contribution in [3.8, 4) is 18.1 Å². The number of terminal acetylenes is 1. The number of hydrogen-bond donors (Lipinski definition) is 0. The summed E-state index contributed by atoms with van der Waals surface area (Å²) in [6, 6.07) is 4.93. The van der Waals surface area contributed by atoms with E-state index >= 15 is 0 Å². The fourth-order valence-corrected chi connectivity index (χ4v) is 1.63. The first-order valence-corrected chi connectivity index (χ1v) is 5.58. The van der Waals surface area contributed by atoms with Crippen molar-refractivity contribution < 1.29 is 9.53 Å². The van der Waals surface area contributed by atoms with E-state index in [-0.39, 0.29) is 12.5 Å². The average molecular weight is 252 g/mol. The van der Waals surface area contributed by atoms with Gasteiger partial charge < -0.3 is 9.64 Å². The Labute approximate surface area is 106 Å². The van der Waals surface area contributed by atoms with Gasteiger partial charge in [-0.1, -0.05) is 17.5 Å². The summed E-state index contributed by atoms with van der Waals surface area (Å²) >= 11 is 5.88. The van der Waals surface area contributed by atoms with Crippen LogP contribution in [0.3, 0.4) is 0 Å². The second-order valence-electron chi connectivity index (χ2n) is 3.37. The van der Waals surface area contributed by atoms with Crippen molar-refractivity contribution in [1.29, 1.82) is 0 Å². The normalized spacial score (nSPS) is 9.53. The highest BCUT2D eigenvalue weighted by molar-refractivity contribution is 6.31. The van der Waals surface area contributed by atoms with E-state index in [1.54, 1.807) is 23.1 Å². The largest absolute Gasteiger partial charge is 0.496 e. The topological polar surface area (TPSA) is 29.5 Å². The Balaban J connectivity index is 3.10. The van der Waals surface area contributed by atoms with Gasteiger partial charge >= 0.3 is 0 Å². The molecule has 0 atom stereocenters. The van der Waals surface area contributed by atoms with Crippen molar-refractivity contribution in [3.63, 3.8) is 0 Å². The second kappa shape index (κ2) is 6.17. The number of methoxy groups -OCH3 is 1. The molecule has 1 rings (SSSR count). The lowest BCUT2D eigenvalue weighted by Gasteiger charge is -2.19. The van der Waals surface area contributed by atoms with Gasteiger partial charge in [0.15, 0.2) is 0 Å². The Bertz CT molecular complexity index is 451. The summed E-state index contributed by atoms with van der Waals surface area (Å²) in [7, 11) is 1.51. The predicted octanol–water partition coefficient (Wildman–Crippen LogP) is 2.44. The van der Waals surface area contributed by atoms with E-state index in [9.17, 15) is 4.79 Å². The van der Waals surface area contributed by atoms with Crippen LogP contribution in [0, 0.1) is 12.3 Å². The third kappa shape index (κ3) is 3.15. The first-order chi connectivity index (χ1) is 8.13. The van der Waals surface area contributed by atoms with Crippen molar-refractivity contribution in [2.45, 2.75) is 6.92 Å². The van der Waals surface area contributed by atoms with Crippen LogP contribution in [-0.4, -0.2) is 31.0 Å². The first-order valence-electron chi connectivity index (χ1n) is 5.20. The van der Waals surface area contributed by atoms with Crippen molar-refractivity contribution in [3.05, 3.63) is 28.8 Å². The zero-order valence-electron chi connectivity index (χ0n) is 9.87. The zero-order chi connectivity index (χ0) is 12.8. The maximum Gasteiger partial charge on any atom is 0.258 e. The third-order valence-electron chi connectivity index (χ3n) is 2.34. The molecule has 0 unspecified atom stereocenters. The minimum atomic E-state index is -0.176. The Morgan fingerprint density at radius 2 is 2.29 bits per heavy atom. The molecule has 0 saturated heterocycles. The van der Waals surface area contributed by atoms with Gasteiger partial charge in [-0.05, 0) is 25.1 Å². The highest BCUT2D eigenvalue weighted by atomic mass is 35.5. The molecular weight excluding hydrogens is 238 g/mol. The molecular formula is C13H14ClNO2. The van der Waals surface area contributed by atoms with Crippen LogP contribution in [0.15, 0.2) is 18.2 Å². The molecule has 0 spiro atoms. The van der Waals surface area contributed by atoms with E-state index in [4.69, 9.17) is 22.8 Å². The van der Waals surface area contributed by atoms with Gasteiger partial charge in [0.25, 0.3) is 5.91 Å². The molecule has 0 aromatic heterocycles. The van der Waals surface area contributed by atoms with Gasteiger partial charge in [0.2, 0.25) is 0 Å². The molecule has 0 fully saturated rings. The fourth-order valence-electron chi connectivity index (χ4n) is 1.46. The summed E-state index contributed by atoms with van der Waals surface area (Å²) in [6.45, 7) is 2.68. The van der Waals surface area contributed by atoms with E-state index in [1.807, 2.05) is 6.92 Å². The van der Waals surface area contributed by atoms with Gasteiger partial charge in [-0.3, -0.25) is 4.79 Å². The summed E-state index contributed by atoms with van der Waals surface area (Å²) in [4.78, 5) is 13.7. The molecule has 0 radical (unpaired) electrons. The van der Waals surface area contributed by atoms with Crippen LogP contribution in [0.2, 0.25) is 5.02 Å². The van der Waals surface area contributed by atoms with Crippen molar-refractivity contribution in [2.24, 2.45) is 0 Å². The minimum Gasteiger partial charge on any atom is -0.496 e. The molecule has 0 heterocycles. The average Bonchev–Trinajstić information content (AvgIpc) is 2.35. The maximum absolute atomic E-state index is 12.2. The predicted molar refractivity (Wildman–Crippen MR) is 68.4 cm³/mol. The lowest BCUT2D eigenvalue weighted by Crippen LogP contribution is -2.31. The first kappa shape index (κ1) is 13.4. The van der Waals surface area contributed by atoms with Gasteiger partial charge in [0.05, 0.1) is 19.2 Å². The molecule has 17 heavy (non-hydrogen) atoms. The maximum atomic E-state index is 12.2. The molecule has 4 heteroatoms. The summed E-state index contributed by atoms with van der Waals surface area (Å²) in [5.41, 5.74) is 0.428. The van der Waals surface area contributed by atoms with Gasteiger partial charge in [0, 0.05) is 11.6 Å². The number of hydrogen-bond acceptors (Lipinski definition) is 2. The molecule has 0 bridgehead atoms. The quantitative estimate of drug-likeness (QED) is 0.770. The Morgan fingerprint density at radius 3 is 2.82 bits per heavy atom. The molecule has 1 aromatic rings. The Kier molecular flexibility index (Phi) is 4.86. The number of carbonyl (C=O) groups excluding carboxylic acids is 1. The van der Waals surface area contributed by atoms with Crippen molar-refractivity contribution >= 4 is 17.5 Å². The van der Waals surface area contributed by atoms with Gasteiger partial charge in [-0.25, -0.2) is 0 Å². The standard InChI is InChI=1S/C13H14ClNO2/c1-4-8-15(5-2)13(16)11-9-10(14)6-7-12(11)17-3/h1,6-7,9H,5,8H2,2-3H3. The van der Waals surface area contributed by atoms with E-state index in [1.165, 1.54) is 7.11 Å². The lowest BCUT2D eigenvalue weighted by molar-refractivity contribution is 0.0781. The molecule has 0 aliphatic heterocycles. The third-order valence-corrected chi connectivity index (χ3v) is 2.58. The SMILES string of the molecule is C#CCN(CC)C(=O)c1cc(Cl)ccc1OC. The molecule has 3 nitrogen and oxygen atoms in total. The summed E-state index contributed by atoms with van der Waals surface area (Å²) in [5, 5.41) is 0.492. The summed E-state index contributed by atoms with van der Waals surface area (Å²) in [6.07, 6.45) is 5.22. The highest BCUT2D eigenvalue weighted by Crippen LogP contribution is 2.23. The Morgan fingerprint density at radius 1 is 1.59 bits per heavy atom. The van der Waals surface area contributed by atoms with E-state index in [0.717, 1.165) is 0 Å². The molecule has 0 aliphatic carbocycles. The van der Waals surface area contributed by atoms with Crippen molar-refractivity contribution in [1.82, 2.24) is 4.90 Å². The Hall–Kier alpha value is -1.66. The monoisotopic (exact) mass is 251 g/mol. The smallest absolute Gasteiger partial charge is 0.258 e. The van der Waals surface area contributed by atoms with Crippen LogP contribution in [0.5, 0.6) is 5.75 Å². The van der Waals surface area contributed by atoms with Crippen LogP contribution in [0.1, 0.15) is 17.3 Å². The van der Waals surface area contributed by atoms with E-state index in [2.05, 4.69) is 5.92 Å². The van der Waals surface area contributed by atoms with Gasteiger partial charge in [-0.2, -0.15) is 0 Å². The molecule has 1 amide bonds. The number of carbonyl (C=O) groups is 1. The molecule has 90 valence electrons. The number of amides is 1. The van der Waals surface area contributed by atoms with Crippen LogP contribution >= 0.6 is 11.6 Å². The lowest BCUT2D eigenvalue weighted by atomic mass is 10.1. The zero-order valence-corrected chi connectivity index (χ0v) is 10.6. The van der Waals surface area contributed by atoms with Gasteiger partial charge in [-0.15, -0.1) is 6.42 Å². The number of rotatable bonds is 4.